The largest absolute Gasteiger partial charge is 0.481 e. The van der Waals surface area contributed by atoms with Gasteiger partial charge in [-0.1, -0.05) is 55.5 Å². The third-order valence-corrected chi connectivity index (χ3v) is 7.20. The van der Waals surface area contributed by atoms with Gasteiger partial charge in [0.2, 0.25) is 5.91 Å². The Morgan fingerprint density at radius 1 is 0.971 bits per heavy atom. The second-order valence-electron chi connectivity index (χ2n) is 9.32. The maximum atomic E-state index is 11.5. The van der Waals surface area contributed by atoms with Crippen LogP contribution in [0.3, 0.4) is 0 Å². The summed E-state index contributed by atoms with van der Waals surface area (Å²) in [5.74, 6) is -1.05. The maximum Gasteiger partial charge on any atom is 0.303 e. The van der Waals surface area contributed by atoms with E-state index in [9.17, 15) is 9.59 Å². The highest BCUT2D eigenvalue weighted by molar-refractivity contribution is 6.35. The minimum atomic E-state index is -0.916. The van der Waals surface area contributed by atoms with Crippen molar-refractivity contribution in [2.75, 3.05) is 32.7 Å². The maximum absolute atomic E-state index is 11.5. The summed E-state index contributed by atoms with van der Waals surface area (Å²) in [7, 11) is 0. The SMILES string of the molecule is CCCCCN1CCC(NC(=O)CCC(=O)O)CC1.Clc1cccc(Cl)c1CN1CCCCC1. The van der Waals surface area contributed by atoms with Crippen molar-refractivity contribution in [1.29, 1.82) is 0 Å². The Morgan fingerprint density at radius 2 is 1.62 bits per heavy atom. The number of nitrogens with zero attached hydrogens (tertiary/aromatic N) is 2. The van der Waals surface area contributed by atoms with Gasteiger partial charge in [0.1, 0.15) is 0 Å². The summed E-state index contributed by atoms with van der Waals surface area (Å²) in [6.07, 6.45) is 9.69. The van der Waals surface area contributed by atoms with E-state index in [-0.39, 0.29) is 24.8 Å². The molecule has 0 saturated carbocycles. The fourth-order valence-electron chi connectivity index (χ4n) is 4.43. The van der Waals surface area contributed by atoms with E-state index in [1.807, 2.05) is 18.2 Å². The lowest BCUT2D eigenvalue weighted by molar-refractivity contribution is -0.139. The van der Waals surface area contributed by atoms with Crippen LogP contribution in [0.4, 0.5) is 0 Å². The number of piperidine rings is 2. The molecule has 1 amide bonds. The van der Waals surface area contributed by atoms with Crippen LogP contribution in [0.1, 0.15) is 76.7 Å². The Balaban J connectivity index is 0.000000246. The topological polar surface area (TPSA) is 72.9 Å². The first kappa shape index (κ1) is 28.9. The predicted octanol–water partition coefficient (Wildman–Crippen LogP) is 5.60. The third-order valence-electron chi connectivity index (χ3n) is 6.49. The number of halogens is 2. The van der Waals surface area contributed by atoms with Gasteiger partial charge in [0.05, 0.1) is 6.42 Å². The summed E-state index contributed by atoms with van der Waals surface area (Å²) < 4.78 is 0. The number of carbonyl (C=O) groups excluding carboxylic acids is 1. The third kappa shape index (κ3) is 11.4. The van der Waals surface area contributed by atoms with Crippen LogP contribution in [0, 0.1) is 0 Å². The summed E-state index contributed by atoms with van der Waals surface area (Å²) in [5, 5.41) is 13.0. The van der Waals surface area contributed by atoms with Crippen LogP contribution in [0.5, 0.6) is 0 Å². The van der Waals surface area contributed by atoms with E-state index in [0.29, 0.717) is 0 Å². The van der Waals surface area contributed by atoms with Gasteiger partial charge < -0.3 is 15.3 Å². The van der Waals surface area contributed by atoms with E-state index in [1.54, 1.807) is 0 Å². The van der Waals surface area contributed by atoms with Gasteiger partial charge in [-0.3, -0.25) is 14.5 Å². The van der Waals surface area contributed by atoms with Crippen molar-refractivity contribution < 1.29 is 14.7 Å². The zero-order valence-corrected chi connectivity index (χ0v) is 22.0. The van der Waals surface area contributed by atoms with Crippen molar-refractivity contribution in [2.24, 2.45) is 0 Å². The van der Waals surface area contributed by atoms with Gasteiger partial charge in [-0.2, -0.15) is 0 Å². The second-order valence-corrected chi connectivity index (χ2v) is 10.1. The number of benzene rings is 1. The van der Waals surface area contributed by atoms with Gasteiger partial charge in [-0.25, -0.2) is 0 Å². The molecule has 0 bridgehead atoms. The molecule has 0 radical (unpaired) electrons. The monoisotopic (exact) mass is 513 g/mol. The molecule has 8 heteroatoms. The lowest BCUT2D eigenvalue weighted by Gasteiger charge is -2.32. The number of rotatable bonds is 10. The van der Waals surface area contributed by atoms with Crippen LogP contribution in [0.15, 0.2) is 18.2 Å². The highest BCUT2D eigenvalue weighted by atomic mass is 35.5. The molecule has 192 valence electrons. The average Bonchev–Trinajstić information content (AvgIpc) is 2.83. The average molecular weight is 515 g/mol. The first-order chi connectivity index (χ1) is 16.4. The molecule has 0 aromatic heterocycles. The summed E-state index contributed by atoms with van der Waals surface area (Å²) >= 11 is 12.3. The van der Waals surface area contributed by atoms with Crippen molar-refractivity contribution in [1.82, 2.24) is 15.1 Å². The van der Waals surface area contributed by atoms with Gasteiger partial charge in [0.25, 0.3) is 0 Å². The molecule has 2 aliphatic rings. The molecule has 1 aromatic rings. The molecule has 0 unspecified atom stereocenters. The fraction of sp³-hybridized carbons (Fsp3) is 0.692. The van der Waals surface area contributed by atoms with E-state index in [2.05, 4.69) is 22.0 Å². The van der Waals surface area contributed by atoms with Gasteiger partial charge >= 0.3 is 5.97 Å². The van der Waals surface area contributed by atoms with E-state index in [0.717, 1.165) is 54.6 Å². The van der Waals surface area contributed by atoms with Crippen LogP contribution in [0.25, 0.3) is 0 Å². The van der Waals surface area contributed by atoms with Crippen molar-refractivity contribution in [3.63, 3.8) is 0 Å². The Bertz CT molecular complexity index is 729. The quantitative estimate of drug-likeness (QED) is 0.398. The lowest BCUT2D eigenvalue weighted by atomic mass is 10.0. The van der Waals surface area contributed by atoms with E-state index >= 15 is 0 Å². The van der Waals surface area contributed by atoms with Crippen molar-refractivity contribution in [3.05, 3.63) is 33.8 Å². The minimum Gasteiger partial charge on any atom is -0.481 e. The van der Waals surface area contributed by atoms with Gasteiger partial charge in [-0.15, -0.1) is 0 Å². The van der Waals surface area contributed by atoms with Crippen molar-refractivity contribution >= 4 is 35.1 Å². The molecule has 0 atom stereocenters. The van der Waals surface area contributed by atoms with Crippen LogP contribution in [0.2, 0.25) is 10.0 Å². The van der Waals surface area contributed by atoms with E-state index in [1.165, 1.54) is 51.6 Å². The summed E-state index contributed by atoms with van der Waals surface area (Å²) in [6.45, 7) is 8.66. The number of nitrogens with one attached hydrogen (secondary N) is 1. The number of carboxylic acid groups (broad SMARTS) is 1. The van der Waals surface area contributed by atoms with Crippen LogP contribution in [-0.4, -0.2) is 65.5 Å². The Hall–Kier alpha value is -1.34. The molecule has 0 spiro atoms. The van der Waals surface area contributed by atoms with Gasteiger partial charge in [-0.05, 0) is 63.9 Å². The minimum absolute atomic E-state index is 0.0817. The number of carboxylic acids is 1. The second kappa shape index (κ2) is 16.4. The summed E-state index contributed by atoms with van der Waals surface area (Å²) in [5.41, 5.74) is 1.07. The highest BCUT2D eigenvalue weighted by Crippen LogP contribution is 2.26. The van der Waals surface area contributed by atoms with Crippen molar-refractivity contribution in [2.45, 2.75) is 83.7 Å². The molecule has 2 N–H and O–H groups in total. The lowest BCUT2D eigenvalue weighted by Crippen LogP contribution is -2.44. The molecule has 3 rings (SSSR count). The molecular formula is C26H41Cl2N3O3. The Morgan fingerprint density at radius 3 is 2.21 bits per heavy atom. The number of aliphatic carboxylic acids is 1. The zero-order chi connectivity index (χ0) is 24.8. The van der Waals surface area contributed by atoms with Crippen LogP contribution >= 0.6 is 23.2 Å². The molecule has 2 aliphatic heterocycles. The molecule has 0 aliphatic carbocycles. The fourth-order valence-corrected chi connectivity index (χ4v) is 4.95. The standard InChI is InChI=1S/C14H26N2O3.C12H15Cl2N/c1-2-3-4-9-16-10-7-12(8-11-16)15-13(17)5-6-14(18)19;13-11-5-4-6-12(14)10(11)9-15-7-2-1-3-8-15/h12H,2-11H2,1H3,(H,15,17)(H,18,19);4-6H,1-3,7-9H2. The molecule has 2 heterocycles. The predicted molar refractivity (Wildman–Crippen MR) is 140 cm³/mol. The molecular weight excluding hydrogens is 473 g/mol. The van der Waals surface area contributed by atoms with Gasteiger partial charge in [0.15, 0.2) is 0 Å². The smallest absolute Gasteiger partial charge is 0.303 e. The Kier molecular flexibility index (Phi) is 13.9. The van der Waals surface area contributed by atoms with E-state index in [4.69, 9.17) is 28.3 Å². The number of amides is 1. The van der Waals surface area contributed by atoms with Crippen LogP contribution in [-0.2, 0) is 16.1 Å². The molecule has 2 fully saturated rings. The summed E-state index contributed by atoms with van der Waals surface area (Å²) in [6, 6.07) is 5.94. The number of hydrogen-bond donors (Lipinski definition) is 2. The summed E-state index contributed by atoms with van der Waals surface area (Å²) in [4.78, 5) is 26.8. The normalized spacial score (nSPS) is 17.6. The number of carbonyl (C=O) groups is 2. The zero-order valence-electron chi connectivity index (χ0n) is 20.5. The number of likely N-dealkylation sites (tertiary alicyclic amines) is 2. The van der Waals surface area contributed by atoms with Crippen LogP contribution < -0.4 is 5.32 Å². The number of hydrogen-bond acceptors (Lipinski definition) is 4. The first-order valence-electron chi connectivity index (χ1n) is 12.8. The first-order valence-corrected chi connectivity index (χ1v) is 13.5. The van der Waals surface area contributed by atoms with Crippen molar-refractivity contribution in [3.8, 4) is 0 Å². The molecule has 1 aromatic carbocycles. The highest BCUT2D eigenvalue weighted by Gasteiger charge is 2.20. The molecule has 6 nitrogen and oxygen atoms in total. The number of unbranched alkanes of at least 4 members (excludes halogenated alkanes) is 2. The Labute approximate surface area is 215 Å². The molecule has 2 saturated heterocycles. The molecule has 34 heavy (non-hydrogen) atoms. The van der Waals surface area contributed by atoms with E-state index < -0.39 is 5.97 Å². The van der Waals surface area contributed by atoms with Gasteiger partial charge in [0, 0.05) is 47.7 Å².